The molecule has 1 aromatic carbocycles. The first kappa shape index (κ1) is 15.5. The van der Waals surface area contributed by atoms with E-state index in [2.05, 4.69) is 33.9 Å². The zero-order chi connectivity index (χ0) is 16.1. The van der Waals surface area contributed by atoms with Gasteiger partial charge in [0.05, 0.1) is 0 Å². The van der Waals surface area contributed by atoms with E-state index in [1.807, 2.05) is 29.2 Å². The first-order valence-electron chi connectivity index (χ1n) is 8.09. The van der Waals surface area contributed by atoms with Crippen LogP contribution in [0, 0.1) is 0 Å². The molecule has 1 atom stereocenters. The van der Waals surface area contributed by atoms with Crippen LogP contribution in [0.4, 0.5) is 5.95 Å². The Labute approximate surface area is 137 Å². The smallest absolute Gasteiger partial charge is 0.225 e. The molecule has 0 N–H and O–H groups in total. The molecule has 1 unspecified atom stereocenters. The molecule has 1 aromatic heterocycles. The maximum absolute atomic E-state index is 12.5. The summed E-state index contributed by atoms with van der Waals surface area (Å²) in [5.74, 6) is 1.23. The number of anilines is 1. The topological polar surface area (TPSA) is 49.3 Å². The van der Waals surface area contributed by atoms with Crippen molar-refractivity contribution in [2.45, 2.75) is 19.3 Å². The highest BCUT2D eigenvalue weighted by Gasteiger charge is 2.23. The van der Waals surface area contributed by atoms with Crippen molar-refractivity contribution in [3.05, 3.63) is 54.4 Å². The summed E-state index contributed by atoms with van der Waals surface area (Å²) in [4.78, 5) is 25.1. The van der Waals surface area contributed by atoms with Gasteiger partial charge >= 0.3 is 0 Å². The van der Waals surface area contributed by atoms with Crippen LogP contribution in [0.5, 0.6) is 0 Å². The Hall–Kier alpha value is -2.43. The third-order valence-electron chi connectivity index (χ3n) is 4.32. The molecule has 0 saturated carbocycles. The summed E-state index contributed by atoms with van der Waals surface area (Å²) in [6, 6.07) is 12.0. The molecule has 0 spiro atoms. The Morgan fingerprint density at radius 1 is 1.04 bits per heavy atom. The van der Waals surface area contributed by atoms with Gasteiger partial charge in [-0.2, -0.15) is 0 Å². The van der Waals surface area contributed by atoms with Gasteiger partial charge in [0.25, 0.3) is 0 Å². The van der Waals surface area contributed by atoms with Crippen LogP contribution in [0.1, 0.15) is 24.8 Å². The van der Waals surface area contributed by atoms with Crippen molar-refractivity contribution in [1.29, 1.82) is 0 Å². The van der Waals surface area contributed by atoms with Crippen LogP contribution < -0.4 is 4.90 Å². The highest BCUT2D eigenvalue weighted by Crippen LogP contribution is 2.20. The Morgan fingerprint density at radius 2 is 1.70 bits per heavy atom. The Balaban J connectivity index is 1.52. The summed E-state index contributed by atoms with van der Waals surface area (Å²) < 4.78 is 0. The number of rotatable bonds is 4. The minimum Gasteiger partial charge on any atom is -0.339 e. The molecule has 2 aromatic rings. The molecule has 1 aliphatic rings. The molecule has 5 nitrogen and oxygen atoms in total. The number of carbonyl (C=O) groups is 1. The molecule has 5 heteroatoms. The van der Waals surface area contributed by atoms with Gasteiger partial charge in [-0.05, 0) is 17.5 Å². The molecular formula is C18H22N4O. The second-order valence-corrected chi connectivity index (χ2v) is 5.93. The van der Waals surface area contributed by atoms with Crippen LogP contribution in [0.2, 0.25) is 0 Å². The van der Waals surface area contributed by atoms with Crippen molar-refractivity contribution < 1.29 is 4.79 Å². The zero-order valence-electron chi connectivity index (χ0n) is 13.4. The van der Waals surface area contributed by atoms with Gasteiger partial charge in [0, 0.05) is 45.0 Å². The Bertz CT molecular complexity index is 624. The van der Waals surface area contributed by atoms with E-state index in [0.29, 0.717) is 6.42 Å². The number of nitrogens with zero attached hydrogens (tertiary/aromatic N) is 4. The van der Waals surface area contributed by atoms with E-state index >= 15 is 0 Å². The van der Waals surface area contributed by atoms with Gasteiger partial charge in [-0.15, -0.1) is 0 Å². The van der Waals surface area contributed by atoms with Crippen molar-refractivity contribution >= 4 is 11.9 Å². The highest BCUT2D eigenvalue weighted by atomic mass is 16.2. The fourth-order valence-electron chi connectivity index (χ4n) is 2.90. The summed E-state index contributed by atoms with van der Waals surface area (Å²) in [6.45, 7) is 5.16. The van der Waals surface area contributed by atoms with Crippen molar-refractivity contribution in [2.75, 3.05) is 31.1 Å². The lowest BCUT2D eigenvalue weighted by Crippen LogP contribution is -2.49. The number of carbonyl (C=O) groups excluding carboxylic acids is 1. The molecule has 0 radical (unpaired) electrons. The maximum Gasteiger partial charge on any atom is 0.225 e. The van der Waals surface area contributed by atoms with Crippen molar-refractivity contribution in [3.63, 3.8) is 0 Å². The van der Waals surface area contributed by atoms with Crippen LogP contribution >= 0.6 is 0 Å². The monoisotopic (exact) mass is 310 g/mol. The van der Waals surface area contributed by atoms with E-state index in [4.69, 9.17) is 0 Å². The third kappa shape index (κ3) is 3.86. The molecule has 0 aliphatic carbocycles. The average molecular weight is 310 g/mol. The second kappa shape index (κ2) is 7.22. The van der Waals surface area contributed by atoms with Crippen LogP contribution in [0.15, 0.2) is 48.8 Å². The summed E-state index contributed by atoms with van der Waals surface area (Å²) in [6.07, 6.45) is 4.06. The molecule has 1 aliphatic heterocycles. The number of piperazine rings is 1. The van der Waals surface area contributed by atoms with Crippen molar-refractivity contribution in [1.82, 2.24) is 14.9 Å². The fraction of sp³-hybridized carbons (Fsp3) is 0.389. The first-order chi connectivity index (χ1) is 11.2. The molecule has 1 amide bonds. The van der Waals surface area contributed by atoms with Gasteiger partial charge in [-0.1, -0.05) is 37.3 Å². The van der Waals surface area contributed by atoms with E-state index in [-0.39, 0.29) is 11.8 Å². The Morgan fingerprint density at radius 3 is 2.35 bits per heavy atom. The number of hydrogen-bond donors (Lipinski definition) is 0. The molecular weight excluding hydrogens is 288 g/mol. The van der Waals surface area contributed by atoms with Crippen molar-refractivity contribution in [3.8, 4) is 0 Å². The van der Waals surface area contributed by atoms with Gasteiger partial charge in [-0.3, -0.25) is 4.79 Å². The molecule has 3 rings (SSSR count). The van der Waals surface area contributed by atoms with Gasteiger partial charge in [0.1, 0.15) is 0 Å². The van der Waals surface area contributed by atoms with Crippen LogP contribution in [0.3, 0.4) is 0 Å². The third-order valence-corrected chi connectivity index (χ3v) is 4.32. The van der Waals surface area contributed by atoms with Crippen LogP contribution in [-0.4, -0.2) is 47.0 Å². The SMILES string of the molecule is CC(CC(=O)N1CCN(c2ncccn2)CC1)c1ccccc1. The molecule has 2 heterocycles. The second-order valence-electron chi connectivity index (χ2n) is 5.93. The zero-order valence-corrected chi connectivity index (χ0v) is 13.4. The van der Waals surface area contributed by atoms with Gasteiger partial charge < -0.3 is 9.80 Å². The van der Waals surface area contributed by atoms with Gasteiger partial charge in [-0.25, -0.2) is 9.97 Å². The summed E-state index contributed by atoms with van der Waals surface area (Å²) in [5, 5.41) is 0. The fourth-order valence-corrected chi connectivity index (χ4v) is 2.90. The molecule has 120 valence electrons. The number of aromatic nitrogens is 2. The minimum absolute atomic E-state index is 0.231. The molecule has 23 heavy (non-hydrogen) atoms. The first-order valence-corrected chi connectivity index (χ1v) is 8.09. The summed E-state index contributed by atoms with van der Waals surface area (Å²) in [5.41, 5.74) is 1.22. The van der Waals surface area contributed by atoms with E-state index in [0.717, 1.165) is 32.1 Å². The lowest BCUT2D eigenvalue weighted by molar-refractivity contribution is -0.131. The number of benzene rings is 1. The predicted octanol–water partition coefficient (Wildman–Crippen LogP) is 2.32. The van der Waals surface area contributed by atoms with E-state index in [9.17, 15) is 4.79 Å². The summed E-state index contributed by atoms with van der Waals surface area (Å²) in [7, 11) is 0. The predicted molar refractivity (Wildman–Crippen MR) is 90.3 cm³/mol. The quantitative estimate of drug-likeness (QED) is 0.869. The Kier molecular flexibility index (Phi) is 4.86. The number of hydrogen-bond acceptors (Lipinski definition) is 4. The normalized spacial score (nSPS) is 16.2. The number of amides is 1. The summed E-state index contributed by atoms with van der Waals surface area (Å²) >= 11 is 0. The molecule has 0 bridgehead atoms. The van der Waals surface area contributed by atoms with Crippen molar-refractivity contribution in [2.24, 2.45) is 0 Å². The van der Waals surface area contributed by atoms with Gasteiger partial charge in [0.2, 0.25) is 11.9 Å². The van der Waals surface area contributed by atoms with Crippen LogP contribution in [0.25, 0.3) is 0 Å². The highest BCUT2D eigenvalue weighted by molar-refractivity contribution is 5.77. The largest absolute Gasteiger partial charge is 0.339 e. The standard InChI is InChI=1S/C18H22N4O/c1-15(16-6-3-2-4-7-16)14-17(23)21-10-12-22(13-11-21)18-19-8-5-9-20-18/h2-9,15H,10-14H2,1H3. The lowest BCUT2D eigenvalue weighted by atomic mass is 9.97. The van der Waals surface area contributed by atoms with Crippen LogP contribution in [-0.2, 0) is 4.79 Å². The van der Waals surface area contributed by atoms with E-state index in [1.54, 1.807) is 12.4 Å². The van der Waals surface area contributed by atoms with E-state index in [1.165, 1.54) is 5.56 Å². The lowest BCUT2D eigenvalue weighted by Gasteiger charge is -2.35. The molecule has 1 fully saturated rings. The molecule has 1 saturated heterocycles. The minimum atomic E-state index is 0.231. The maximum atomic E-state index is 12.5. The van der Waals surface area contributed by atoms with E-state index < -0.39 is 0 Å². The van der Waals surface area contributed by atoms with Gasteiger partial charge in [0.15, 0.2) is 0 Å². The average Bonchev–Trinajstić information content (AvgIpc) is 2.63.